The fourth-order valence-corrected chi connectivity index (χ4v) is 2.15. The second-order valence-electron chi connectivity index (χ2n) is 3.84. The van der Waals surface area contributed by atoms with Crippen LogP contribution in [0.5, 0.6) is 0 Å². The van der Waals surface area contributed by atoms with Crippen molar-refractivity contribution in [2.45, 2.75) is 13.3 Å². The Morgan fingerprint density at radius 3 is 2.05 bits per heavy atom. The minimum absolute atomic E-state index is 0.150. The van der Waals surface area contributed by atoms with E-state index < -0.39 is 18.0 Å². The summed E-state index contributed by atoms with van der Waals surface area (Å²) in [5.74, 6) is -1.23. The molecule has 0 unspecified atom stereocenters. The monoisotopic (exact) mass is 313 g/mol. The van der Waals surface area contributed by atoms with Crippen molar-refractivity contribution >= 4 is 23.2 Å². The second kappa shape index (κ2) is 7.44. The Kier molecular flexibility index (Phi) is 5.92. The second-order valence-corrected chi connectivity index (χ2v) is 5.05. The highest BCUT2D eigenvalue weighted by molar-refractivity contribution is 7.13. The van der Waals surface area contributed by atoms with Gasteiger partial charge in [0.25, 0.3) is 12.3 Å². The summed E-state index contributed by atoms with van der Waals surface area (Å²) >= 11 is 0.885. The number of hydrogen-bond acceptors (Lipinski definition) is 4. The van der Waals surface area contributed by atoms with Crippen LogP contribution in [0.15, 0.2) is 30.3 Å². The Labute approximate surface area is 123 Å². The number of amides is 2. The number of thiazole rings is 1. The van der Waals surface area contributed by atoms with E-state index >= 15 is 0 Å². The number of rotatable bonds is 3. The van der Waals surface area contributed by atoms with Crippen LogP contribution >= 0.6 is 11.3 Å². The Morgan fingerprint density at radius 2 is 1.71 bits per heavy atom. The topological polar surface area (TPSA) is 99.1 Å². The van der Waals surface area contributed by atoms with Gasteiger partial charge in [-0.1, -0.05) is 18.2 Å². The van der Waals surface area contributed by atoms with Crippen LogP contribution in [0.2, 0.25) is 0 Å². The van der Waals surface area contributed by atoms with E-state index in [0.717, 1.165) is 11.3 Å². The summed E-state index contributed by atoms with van der Waals surface area (Å²) in [7, 11) is 0. The fourth-order valence-electron chi connectivity index (χ4n) is 1.37. The van der Waals surface area contributed by atoms with Crippen molar-refractivity contribution in [1.29, 1.82) is 0 Å². The van der Waals surface area contributed by atoms with Crippen LogP contribution in [0, 0.1) is 6.92 Å². The molecule has 2 rings (SSSR count). The number of benzene rings is 1. The van der Waals surface area contributed by atoms with Gasteiger partial charge in [-0.25, -0.2) is 13.8 Å². The average molecular weight is 313 g/mol. The molecule has 0 spiro atoms. The molecule has 21 heavy (non-hydrogen) atoms. The number of nitrogens with zero attached hydrogens (tertiary/aromatic N) is 1. The first kappa shape index (κ1) is 16.7. The standard InChI is InChI=1S/C7H7NO.C6H6F2N2OS/c8-7(9)6-4-2-1-3-5-6;1-2-10-3(5(7)8)4(12-2)6(9)11/h1-5H,(H2,8,9);5H,1H3,(H2,9,11). The Hall–Kier alpha value is -2.35. The number of halogens is 2. The van der Waals surface area contributed by atoms with Gasteiger partial charge in [0.1, 0.15) is 10.6 Å². The van der Waals surface area contributed by atoms with Gasteiger partial charge in [0.15, 0.2) is 0 Å². The summed E-state index contributed by atoms with van der Waals surface area (Å²) in [4.78, 5) is 24.4. The Balaban J connectivity index is 0.000000219. The summed E-state index contributed by atoms with van der Waals surface area (Å²) in [5, 5.41) is 0.416. The van der Waals surface area contributed by atoms with E-state index in [1.54, 1.807) is 31.2 Å². The molecule has 0 saturated heterocycles. The van der Waals surface area contributed by atoms with E-state index in [0.29, 0.717) is 10.6 Å². The average Bonchev–Trinajstić information content (AvgIpc) is 2.83. The Morgan fingerprint density at radius 1 is 1.14 bits per heavy atom. The summed E-state index contributed by atoms with van der Waals surface area (Å²) in [5.41, 5.74) is 9.88. The minimum Gasteiger partial charge on any atom is -0.366 e. The lowest BCUT2D eigenvalue weighted by Crippen LogP contribution is -2.11. The van der Waals surface area contributed by atoms with Gasteiger partial charge in [-0.05, 0) is 19.1 Å². The first-order valence-corrected chi connectivity index (χ1v) is 6.54. The van der Waals surface area contributed by atoms with Crippen LogP contribution in [0.1, 0.15) is 37.2 Å². The SMILES string of the molecule is Cc1nc(C(F)F)c(C(N)=O)s1.NC(=O)c1ccccc1. The lowest BCUT2D eigenvalue weighted by atomic mass is 10.2. The number of hydrogen-bond donors (Lipinski definition) is 2. The normalized spacial score (nSPS) is 9.90. The van der Waals surface area contributed by atoms with Gasteiger partial charge in [-0.15, -0.1) is 11.3 Å². The van der Waals surface area contributed by atoms with Crippen LogP contribution in [0.25, 0.3) is 0 Å². The van der Waals surface area contributed by atoms with E-state index in [4.69, 9.17) is 11.5 Å². The molecule has 1 aromatic carbocycles. The van der Waals surface area contributed by atoms with Crippen molar-refractivity contribution in [2.75, 3.05) is 0 Å². The van der Waals surface area contributed by atoms with E-state index in [2.05, 4.69) is 4.98 Å². The van der Waals surface area contributed by atoms with Crippen molar-refractivity contribution in [3.63, 3.8) is 0 Å². The maximum atomic E-state index is 12.1. The molecular formula is C13H13F2N3O2S. The molecule has 1 heterocycles. The van der Waals surface area contributed by atoms with Gasteiger partial charge in [0.05, 0.1) is 5.01 Å². The van der Waals surface area contributed by atoms with Crippen LogP contribution in [-0.4, -0.2) is 16.8 Å². The molecule has 5 nitrogen and oxygen atoms in total. The van der Waals surface area contributed by atoms with Crippen LogP contribution in [0.3, 0.4) is 0 Å². The molecule has 2 aromatic rings. The predicted octanol–water partition coefficient (Wildman–Crippen LogP) is 2.27. The maximum absolute atomic E-state index is 12.1. The third-order valence-corrected chi connectivity index (χ3v) is 3.25. The van der Waals surface area contributed by atoms with E-state index in [9.17, 15) is 18.4 Å². The molecule has 0 aliphatic carbocycles. The van der Waals surface area contributed by atoms with Crippen LogP contribution in [-0.2, 0) is 0 Å². The van der Waals surface area contributed by atoms with Gasteiger partial charge in [0.2, 0.25) is 5.91 Å². The molecule has 0 saturated carbocycles. The zero-order valence-corrected chi connectivity index (χ0v) is 11.9. The van der Waals surface area contributed by atoms with Crippen LogP contribution < -0.4 is 11.5 Å². The number of carbonyl (C=O) groups excluding carboxylic acids is 2. The molecule has 0 aliphatic heterocycles. The number of aryl methyl sites for hydroxylation is 1. The number of alkyl halides is 2. The third kappa shape index (κ3) is 4.92. The quantitative estimate of drug-likeness (QED) is 0.909. The van der Waals surface area contributed by atoms with Crippen molar-refractivity contribution in [1.82, 2.24) is 4.98 Å². The van der Waals surface area contributed by atoms with E-state index in [1.165, 1.54) is 0 Å². The highest BCUT2D eigenvalue weighted by Crippen LogP contribution is 2.26. The van der Waals surface area contributed by atoms with Gasteiger partial charge < -0.3 is 11.5 Å². The van der Waals surface area contributed by atoms with Crippen LogP contribution in [0.4, 0.5) is 8.78 Å². The van der Waals surface area contributed by atoms with Gasteiger partial charge in [-0.3, -0.25) is 9.59 Å². The molecule has 0 fully saturated rings. The first-order chi connectivity index (χ1) is 9.82. The number of aromatic nitrogens is 1. The zero-order valence-electron chi connectivity index (χ0n) is 11.0. The van der Waals surface area contributed by atoms with E-state index in [-0.39, 0.29) is 10.8 Å². The van der Waals surface area contributed by atoms with Gasteiger partial charge >= 0.3 is 0 Å². The van der Waals surface area contributed by atoms with Crippen molar-refractivity contribution in [3.05, 3.63) is 51.5 Å². The molecule has 112 valence electrons. The fraction of sp³-hybridized carbons (Fsp3) is 0.154. The zero-order chi connectivity index (χ0) is 16.0. The molecule has 0 atom stereocenters. The smallest absolute Gasteiger partial charge is 0.282 e. The third-order valence-electron chi connectivity index (χ3n) is 2.25. The number of primary amides is 2. The number of carbonyl (C=O) groups is 2. The van der Waals surface area contributed by atoms with Gasteiger partial charge in [-0.2, -0.15) is 0 Å². The van der Waals surface area contributed by atoms with Crippen molar-refractivity contribution in [3.8, 4) is 0 Å². The Bertz CT molecular complexity index is 630. The first-order valence-electron chi connectivity index (χ1n) is 5.73. The molecule has 0 radical (unpaired) electrons. The minimum atomic E-state index is -2.74. The van der Waals surface area contributed by atoms with E-state index in [1.807, 2.05) is 6.07 Å². The maximum Gasteiger partial charge on any atom is 0.282 e. The van der Waals surface area contributed by atoms with Gasteiger partial charge in [0, 0.05) is 5.56 Å². The summed E-state index contributed by atoms with van der Waals surface area (Å²) in [6.45, 7) is 1.54. The molecule has 0 aliphatic rings. The molecule has 2 amide bonds. The molecular weight excluding hydrogens is 300 g/mol. The predicted molar refractivity (Wildman–Crippen MR) is 75.3 cm³/mol. The summed E-state index contributed by atoms with van der Waals surface area (Å²) < 4.78 is 24.3. The lowest BCUT2D eigenvalue weighted by Gasteiger charge is -1.94. The van der Waals surface area contributed by atoms with Crippen molar-refractivity contribution < 1.29 is 18.4 Å². The molecule has 0 bridgehead atoms. The summed E-state index contributed by atoms with van der Waals surface area (Å²) in [6.07, 6.45) is -2.74. The van der Waals surface area contributed by atoms with Crippen molar-refractivity contribution in [2.24, 2.45) is 11.5 Å². The molecule has 8 heteroatoms. The molecule has 1 aromatic heterocycles. The highest BCUT2D eigenvalue weighted by atomic mass is 32.1. The summed E-state index contributed by atoms with van der Waals surface area (Å²) in [6, 6.07) is 8.76. The highest BCUT2D eigenvalue weighted by Gasteiger charge is 2.21. The number of nitrogens with two attached hydrogens (primary N) is 2. The lowest BCUT2D eigenvalue weighted by molar-refractivity contribution is 0.0985. The largest absolute Gasteiger partial charge is 0.366 e. The molecule has 4 N–H and O–H groups in total.